The third-order valence-electron chi connectivity index (χ3n) is 3.63. The van der Waals surface area contributed by atoms with Crippen LogP contribution in [0.25, 0.3) is 0 Å². The van der Waals surface area contributed by atoms with E-state index < -0.39 is 0 Å². The Balaban J connectivity index is 1.94. The van der Waals surface area contributed by atoms with Crippen LogP contribution >= 0.6 is 0 Å². The molecule has 1 fully saturated rings. The van der Waals surface area contributed by atoms with Gasteiger partial charge in [-0.1, -0.05) is 11.6 Å². The highest BCUT2D eigenvalue weighted by atomic mass is 16.5. The van der Waals surface area contributed by atoms with Gasteiger partial charge in [0.2, 0.25) is 5.88 Å². The summed E-state index contributed by atoms with van der Waals surface area (Å²) in [7, 11) is 1.54. The Hall–Kier alpha value is -1.92. The zero-order valence-electron chi connectivity index (χ0n) is 13.9. The summed E-state index contributed by atoms with van der Waals surface area (Å²) in [6, 6.07) is 3.30. The molecule has 0 aliphatic carbocycles. The SMILES string of the molecule is COc1ccc(C(=O)N[C@@H]2CCOC[C@H]2OCC=C(C)C)cn1. The first kappa shape index (κ1) is 17.4. The van der Waals surface area contributed by atoms with E-state index in [1.807, 2.05) is 19.9 Å². The van der Waals surface area contributed by atoms with Crippen LogP contribution in [0.5, 0.6) is 5.88 Å². The molecule has 126 valence electrons. The van der Waals surface area contributed by atoms with Gasteiger partial charge in [-0.05, 0) is 26.3 Å². The summed E-state index contributed by atoms with van der Waals surface area (Å²) in [6.07, 6.45) is 4.11. The number of amides is 1. The number of methoxy groups -OCH3 is 1. The van der Waals surface area contributed by atoms with Gasteiger partial charge < -0.3 is 19.5 Å². The Morgan fingerprint density at radius 1 is 1.48 bits per heavy atom. The molecule has 6 heteroatoms. The Bertz CT molecular complexity index is 538. The molecule has 23 heavy (non-hydrogen) atoms. The molecule has 0 bridgehead atoms. The zero-order valence-corrected chi connectivity index (χ0v) is 13.9. The van der Waals surface area contributed by atoms with E-state index in [4.69, 9.17) is 14.2 Å². The average molecular weight is 320 g/mol. The van der Waals surface area contributed by atoms with E-state index in [2.05, 4.69) is 10.3 Å². The number of hydrogen-bond acceptors (Lipinski definition) is 5. The summed E-state index contributed by atoms with van der Waals surface area (Å²) in [5.74, 6) is 0.318. The van der Waals surface area contributed by atoms with E-state index in [-0.39, 0.29) is 18.1 Å². The number of nitrogens with zero attached hydrogens (tertiary/aromatic N) is 1. The highest BCUT2D eigenvalue weighted by Gasteiger charge is 2.28. The van der Waals surface area contributed by atoms with Crippen LogP contribution in [0.1, 0.15) is 30.6 Å². The lowest BCUT2D eigenvalue weighted by atomic mass is 10.1. The standard InChI is InChI=1S/C17H24N2O4/c1-12(2)6-9-23-15-11-22-8-7-14(15)19-17(20)13-4-5-16(21-3)18-10-13/h4-6,10,14-15H,7-9,11H2,1-3H3,(H,19,20)/t14-,15-/m1/s1. The molecule has 2 heterocycles. The largest absolute Gasteiger partial charge is 0.481 e. The number of carbonyl (C=O) groups is 1. The lowest BCUT2D eigenvalue weighted by Crippen LogP contribution is -2.50. The number of rotatable bonds is 6. The summed E-state index contributed by atoms with van der Waals surface area (Å²) >= 11 is 0. The monoisotopic (exact) mass is 320 g/mol. The van der Waals surface area contributed by atoms with E-state index in [0.717, 1.165) is 6.42 Å². The smallest absolute Gasteiger partial charge is 0.253 e. The van der Waals surface area contributed by atoms with Crippen LogP contribution in [-0.2, 0) is 9.47 Å². The molecule has 1 aliphatic rings. The maximum absolute atomic E-state index is 12.3. The molecule has 2 atom stereocenters. The van der Waals surface area contributed by atoms with Gasteiger partial charge in [0.1, 0.15) is 6.10 Å². The van der Waals surface area contributed by atoms with Crippen LogP contribution in [0.15, 0.2) is 30.0 Å². The molecule has 0 unspecified atom stereocenters. The van der Waals surface area contributed by atoms with E-state index in [9.17, 15) is 4.79 Å². The van der Waals surface area contributed by atoms with Gasteiger partial charge in [-0.3, -0.25) is 4.79 Å². The second-order valence-corrected chi connectivity index (χ2v) is 5.69. The minimum atomic E-state index is -0.164. The molecule has 1 saturated heterocycles. The van der Waals surface area contributed by atoms with Crippen molar-refractivity contribution in [2.45, 2.75) is 32.4 Å². The van der Waals surface area contributed by atoms with Crippen LogP contribution < -0.4 is 10.1 Å². The molecule has 0 saturated carbocycles. The number of pyridine rings is 1. The van der Waals surface area contributed by atoms with Crippen LogP contribution in [-0.4, -0.2) is 50.0 Å². The van der Waals surface area contributed by atoms with Gasteiger partial charge in [-0.15, -0.1) is 0 Å². The zero-order chi connectivity index (χ0) is 16.7. The Labute approximate surface area is 136 Å². The number of hydrogen-bond donors (Lipinski definition) is 1. The van der Waals surface area contributed by atoms with Crippen LogP contribution in [0, 0.1) is 0 Å². The van der Waals surface area contributed by atoms with Crippen molar-refractivity contribution in [1.29, 1.82) is 0 Å². The van der Waals surface area contributed by atoms with Gasteiger partial charge in [0.15, 0.2) is 0 Å². The Morgan fingerprint density at radius 2 is 2.30 bits per heavy atom. The van der Waals surface area contributed by atoms with Gasteiger partial charge in [-0.2, -0.15) is 0 Å². The molecule has 2 rings (SSSR count). The molecular formula is C17H24N2O4. The fourth-order valence-corrected chi connectivity index (χ4v) is 2.27. The maximum atomic E-state index is 12.3. The third-order valence-corrected chi connectivity index (χ3v) is 3.63. The fraction of sp³-hybridized carbons (Fsp3) is 0.529. The fourth-order valence-electron chi connectivity index (χ4n) is 2.27. The van der Waals surface area contributed by atoms with Crippen molar-refractivity contribution in [2.75, 3.05) is 26.9 Å². The van der Waals surface area contributed by atoms with Crippen molar-refractivity contribution in [1.82, 2.24) is 10.3 Å². The Morgan fingerprint density at radius 3 is 2.96 bits per heavy atom. The summed E-state index contributed by atoms with van der Waals surface area (Å²) in [4.78, 5) is 16.4. The van der Waals surface area contributed by atoms with Crippen LogP contribution in [0.2, 0.25) is 0 Å². The van der Waals surface area contributed by atoms with E-state index >= 15 is 0 Å². The molecule has 0 radical (unpaired) electrons. The number of allylic oxidation sites excluding steroid dienone is 1. The van der Waals surface area contributed by atoms with E-state index in [1.54, 1.807) is 19.2 Å². The number of aromatic nitrogens is 1. The first-order valence-corrected chi connectivity index (χ1v) is 7.73. The molecule has 1 amide bonds. The highest BCUT2D eigenvalue weighted by molar-refractivity contribution is 5.94. The molecule has 1 N–H and O–H groups in total. The molecular weight excluding hydrogens is 296 g/mol. The number of nitrogens with one attached hydrogen (secondary N) is 1. The molecule has 1 aromatic heterocycles. The van der Waals surface area contributed by atoms with Crippen molar-refractivity contribution in [2.24, 2.45) is 0 Å². The quantitative estimate of drug-likeness (QED) is 0.812. The minimum absolute atomic E-state index is 0.0658. The van der Waals surface area contributed by atoms with Gasteiger partial charge in [-0.25, -0.2) is 4.98 Å². The topological polar surface area (TPSA) is 69.7 Å². The van der Waals surface area contributed by atoms with Crippen molar-refractivity contribution < 1.29 is 19.0 Å². The minimum Gasteiger partial charge on any atom is -0.481 e. The molecule has 0 aromatic carbocycles. The number of ether oxygens (including phenoxy) is 3. The van der Waals surface area contributed by atoms with Crippen molar-refractivity contribution in [3.63, 3.8) is 0 Å². The van der Waals surface area contributed by atoms with Gasteiger partial charge in [0.05, 0.1) is 31.9 Å². The second-order valence-electron chi connectivity index (χ2n) is 5.69. The predicted octanol–water partition coefficient (Wildman–Crippen LogP) is 1.96. The first-order valence-electron chi connectivity index (χ1n) is 7.73. The van der Waals surface area contributed by atoms with Gasteiger partial charge in [0.25, 0.3) is 5.91 Å². The Kier molecular flexibility index (Phi) is 6.55. The van der Waals surface area contributed by atoms with Gasteiger partial charge in [0, 0.05) is 18.9 Å². The predicted molar refractivity (Wildman–Crippen MR) is 86.7 cm³/mol. The molecule has 1 aromatic rings. The van der Waals surface area contributed by atoms with E-state index in [1.165, 1.54) is 11.8 Å². The highest BCUT2D eigenvalue weighted by Crippen LogP contribution is 2.13. The lowest BCUT2D eigenvalue weighted by Gasteiger charge is -2.31. The second kappa shape index (κ2) is 8.64. The molecule has 1 aliphatic heterocycles. The summed E-state index contributed by atoms with van der Waals surface area (Å²) < 4.78 is 16.3. The lowest BCUT2D eigenvalue weighted by molar-refractivity contribution is -0.0589. The normalized spacial score (nSPS) is 20.7. The summed E-state index contributed by atoms with van der Waals surface area (Å²) in [5, 5.41) is 3.02. The van der Waals surface area contributed by atoms with Crippen molar-refractivity contribution in [3.05, 3.63) is 35.5 Å². The summed E-state index contributed by atoms with van der Waals surface area (Å²) in [5.41, 5.74) is 1.70. The average Bonchev–Trinajstić information content (AvgIpc) is 2.56. The van der Waals surface area contributed by atoms with Crippen molar-refractivity contribution >= 4 is 5.91 Å². The van der Waals surface area contributed by atoms with Crippen LogP contribution in [0.3, 0.4) is 0 Å². The third kappa shape index (κ3) is 5.33. The van der Waals surface area contributed by atoms with Crippen LogP contribution in [0.4, 0.5) is 0 Å². The van der Waals surface area contributed by atoms with Gasteiger partial charge >= 0.3 is 0 Å². The van der Waals surface area contributed by atoms with E-state index in [0.29, 0.717) is 31.3 Å². The first-order chi connectivity index (χ1) is 11.1. The number of carbonyl (C=O) groups excluding carboxylic acids is 1. The van der Waals surface area contributed by atoms with Crippen molar-refractivity contribution in [3.8, 4) is 5.88 Å². The molecule has 6 nitrogen and oxygen atoms in total. The molecule has 0 spiro atoms. The summed E-state index contributed by atoms with van der Waals surface area (Å²) in [6.45, 7) is 5.68. The maximum Gasteiger partial charge on any atom is 0.253 e.